The molecule has 6 heterocycles. The van der Waals surface area contributed by atoms with Crippen LogP contribution in [0.1, 0.15) is 44.4 Å². The molecule has 10 rings (SSSR count). The Kier molecular flexibility index (Phi) is 23.8. The van der Waals surface area contributed by atoms with E-state index in [4.69, 9.17) is 71.4 Å². The van der Waals surface area contributed by atoms with E-state index in [0.717, 1.165) is 30.3 Å². The minimum absolute atomic E-state index is 0.000440. The summed E-state index contributed by atoms with van der Waals surface area (Å²) in [4.78, 5) is 49.7. The Balaban J connectivity index is 0.849. The molecule has 0 spiro atoms. The molecule has 5 fully saturated rings. The highest BCUT2D eigenvalue weighted by Gasteiger charge is 2.51. The zero-order valence-corrected chi connectivity index (χ0v) is 51.6. The molecule has 0 aliphatic carbocycles. The van der Waals surface area contributed by atoms with E-state index in [-0.39, 0.29) is 45.3 Å². The highest BCUT2D eigenvalue weighted by Crippen LogP contribution is 2.47. The molecular weight excluding hydrogens is 1350 g/mol. The van der Waals surface area contributed by atoms with Crippen LogP contribution >= 0.6 is 0 Å². The summed E-state index contributed by atoms with van der Waals surface area (Å²) in [6.07, 6.45) is -46.9. The van der Waals surface area contributed by atoms with Crippen LogP contribution in [0.15, 0.2) is 84.6 Å². The van der Waals surface area contributed by atoms with Crippen LogP contribution in [0, 0.1) is 0 Å². The van der Waals surface area contributed by atoms with Crippen molar-refractivity contribution in [3.63, 3.8) is 0 Å². The fourth-order valence-corrected chi connectivity index (χ4v) is 11.0. The molecule has 20 N–H and O–H groups in total. The molecule has 0 saturated carbocycles. The Morgan fingerprint density at radius 1 is 0.390 bits per heavy atom. The zero-order chi connectivity index (χ0) is 72.3. The van der Waals surface area contributed by atoms with Crippen LogP contribution < -0.4 is 23.7 Å². The van der Waals surface area contributed by atoms with Crippen LogP contribution in [0.2, 0.25) is 0 Å². The normalized spacial score (nSPS) is 35.7. The SMILES string of the molecule is O=C(O)CC(=O)OCC1OC(OC2=Cc3c(O)cc(OC4OC(COC(=O)c5ccc(OC6OC(CO)C(O)C(O)C6O)cc5)C(O)C(O)C4O)cc3OC2c2ccc(O)c(OC3OC(COC(=O)c4ccc(OC5OC(CO)C(O)C(O)C5O)cc4)C(O)C(O)C3O)c2)C(O)C(O)C1O. The molecule has 6 aliphatic heterocycles. The van der Waals surface area contributed by atoms with E-state index in [9.17, 15) is 116 Å². The first-order valence-corrected chi connectivity index (χ1v) is 30.6. The average molecular weight is 1430 g/mol. The van der Waals surface area contributed by atoms with Gasteiger partial charge in [-0.25, -0.2) is 9.59 Å². The second kappa shape index (κ2) is 31.9. The Bertz CT molecular complexity index is 3500. The third-order valence-electron chi connectivity index (χ3n) is 16.8. The summed E-state index contributed by atoms with van der Waals surface area (Å²) in [7, 11) is 0. The fraction of sp³-hybridized carbons (Fsp3) is 0.516. The molecule has 38 nitrogen and oxygen atoms in total. The average Bonchev–Trinajstić information content (AvgIpc) is 0.761. The number of aromatic hydroxyl groups is 2. The van der Waals surface area contributed by atoms with E-state index < -0.39 is 246 Å². The van der Waals surface area contributed by atoms with Crippen molar-refractivity contribution in [2.45, 2.75) is 166 Å². The Morgan fingerprint density at radius 2 is 0.770 bits per heavy atom. The van der Waals surface area contributed by atoms with Gasteiger partial charge in [-0.3, -0.25) is 9.59 Å². The number of carbonyl (C=O) groups is 4. The van der Waals surface area contributed by atoms with Gasteiger partial charge in [-0.05, 0) is 66.7 Å². The van der Waals surface area contributed by atoms with Crippen LogP contribution in [0.4, 0.5) is 0 Å². The number of aliphatic hydroxyl groups is 17. The first-order valence-electron chi connectivity index (χ1n) is 30.6. The number of aliphatic carboxylic acids is 1. The predicted molar refractivity (Wildman–Crippen MR) is 315 cm³/mol. The molecule has 38 heteroatoms. The zero-order valence-electron chi connectivity index (χ0n) is 51.6. The molecule has 0 radical (unpaired) electrons. The standard InChI is InChI=1S/C62H72O38/c63-16-33-40(70)45(75)50(80)58(96-33)90-24-6-1-21(2-7-24)56(85)88-19-36-43(73)47(77)52(82)60(98-36)92-26-12-29(66)27-14-32(95-62-54(84)48(78)42(72)35(99-62)18-87-39(69)15-38(67)68)55(93-30(27)13-26)23-5-10-28(65)31(11-23)94-61-53(83)49(79)44(74)37(100-61)20-89-57(86)22-3-8-25(9-4-22)91-59-51(81)46(76)41(71)34(17-64)97-59/h1-14,33-37,40-55,58-66,70-84H,15-20H2,(H,67,68). The van der Waals surface area contributed by atoms with Crippen molar-refractivity contribution in [1.29, 1.82) is 0 Å². The number of rotatable bonds is 23. The third kappa shape index (κ3) is 16.5. The maximum absolute atomic E-state index is 13.2. The summed E-state index contributed by atoms with van der Waals surface area (Å²) < 4.78 is 78.8. The monoisotopic (exact) mass is 1420 g/mol. The smallest absolute Gasteiger partial charge is 0.338 e. The van der Waals surface area contributed by atoms with Gasteiger partial charge in [-0.2, -0.15) is 0 Å². The quantitative estimate of drug-likeness (QED) is 0.0186. The Labute approximate surface area is 562 Å². The van der Waals surface area contributed by atoms with Gasteiger partial charge in [0, 0.05) is 17.7 Å². The number of aliphatic hydroxyl groups excluding tert-OH is 17. The number of esters is 3. The first-order chi connectivity index (χ1) is 47.5. The molecule has 0 aromatic heterocycles. The van der Waals surface area contributed by atoms with Gasteiger partial charge in [-0.15, -0.1) is 0 Å². The molecule has 0 amide bonds. The molecule has 100 heavy (non-hydrogen) atoms. The number of fused-ring (bicyclic) bond motifs is 1. The van der Waals surface area contributed by atoms with Crippen molar-refractivity contribution in [3.05, 3.63) is 107 Å². The van der Waals surface area contributed by atoms with Crippen molar-refractivity contribution in [2.24, 2.45) is 0 Å². The summed E-state index contributed by atoms with van der Waals surface area (Å²) in [5.41, 5.74) is -0.584. The molecule has 26 atom stereocenters. The lowest BCUT2D eigenvalue weighted by Crippen LogP contribution is -2.60. The minimum Gasteiger partial charge on any atom is -0.507 e. The molecule has 4 aromatic rings. The fourth-order valence-electron chi connectivity index (χ4n) is 11.0. The number of carboxylic acids is 1. The Morgan fingerprint density at radius 3 is 1.19 bits per heavy atom. The predicted octanol–water partition coefficient (Wildman–Crippen LogP) is -7.14. The topological polar surface area (TPSA) is 602 Å². The Hall–Kier alpha value is -7.98. The number of hydrogen-bond donors (Lipinski definition) is 20. The molecule has 6 aliphatic rings. The second-order valence-corrected chi connectivity index (χ2v) is 23.7. The van der Waals surface area contributed by atoms with Gasteiger partial charge in [0.25, 0.3) is 0 Å². The lowest BCUT2D eigenvalue weighted by atomic mass is 9.98. The number of phenolic OH excluding ortho intramolecular Hbond substituents is 2. The number of carboxylic acid groups (broad SMARTS) is 1. The van der Waals surface area contributed by atoms with E-state index in [1.165, 1.54) is 54.6 Å². The molecule has 26 unspecified atom stereocenters. The molecule has 4 aromatic carbocycles. The van der Waals surface area contributed by atoms with Crippen LogP contribution in [-0.2, 0) is 52.2 Å². The molecular formula is C62H72O38. The van der Waals surface area contributed by atoms with E-state index in [1.54, 1.807) is 0 Å². The largest absolute Gasteiger partial charge is 0.507 e. The number of ether oxygens (including phenoxy) is 14. The van der Waals surface area contributed by atoms with Crippen LogP contribution in [0.5, 0.6) is 40.2 Å². The first kappa shape index (κ1) is 74.7. The summed E-state index contributed by atoms with van der Waals surface area (Å²) in [5, 5.41) is 211. The summed E-state index contributed by atoms with van der Waals surface area (Å²) in [5.74, 6) is -8.00. The molecule has 0 bridgehead atoms. The number of phenols is 2. The van der Waals surface area contributed by atoms with Crippen molar-refractivity contribution in [1.82, 2.24) is 0 Å². The van der Waals surface area contributed by atoms with Crippen molar-refractivity contribution in [2.75, 3.05) is 33.0 Å². The van der Waals surface area contributed by atoms with Crippen molar-refractivity contribution < 1.29 is 188 Å². The maximum atomic E-state index is 13.2. The lowest BCUT2D eigenvalue weighted by molar-refractivity contribution is -0.294. The van der Waals surface area contributed by atoms with Gasteiger partial charge in [0.2, 0.25) is 31.5 Å². The van der Waals surface area contributed by atoms with E-state index >= 15 is 0 Å². The lowest BCUT2D eigenvalue weighted by Gasteiger charge is -2.41. The van der Waals surface area contributed by atoms with Gasteiger partial charge < -0.3 is 168 Å². The second-order valence-electron chi connectivity index (χ2n) is 23.7. The summed E-state index contributed by atoms with van der Waals surface area (Å²) >= 11 is 0. The highest BCUT2D eigenvalue weighted by atomic mass is 16.7. The van der Waals surface area contributed by atoms with Gasteiger partial charge in [-0.1, -0.05) is 6.07 Å². The molecule has 5 saturated heterocycles. The number of hydrogen-bond acceptors (Lipinski definition) is 37. The third-order valence-corrected chi connectivity index (χ3v) is 16.8. The van der Waals surface area contributed by atoms with E-state index in [0.29, 0.717) is 0 Å². The van der Waals surface area contributed by atoms with Crippen LogP contribution in [-0.4, -0.2) is 313 Å². The van der Waals surface area contributed by atoms with E-state index in [1.807, 2.05) is 0 Å². The van der Waals surface area contributed by atoms with Crippen LogP contribution in [0.3, 0.4) is 0 Å². The van der Waals surface area contributed by atoms with Gasteiger partial charge in [0.1, 0.15) is 183 Å². The van der Waals surface area contributed by atoms with Gasteiger partial charge in [0.15, 0.2) is 17.6 Å². The van der Waals surface area contributed by atoms with Crippen LogP contribution in [0.25, 0.3) is 6.08 Å². The molecule has 548 valence electrons. The minimum atomic E-state index is -2.13. The van der Waals surface area contributed by atoms with Gasteiger partial charge >= 0.3 is 23.9 Å². The van der Waals surface area contributed by atoms with Crippen molar-refractivity contribution >= 4 is 30.0 Å². The number of benzene rings is 4. The highest BCUT2D eigenvalue weighted by molar-refractivity contribution is 5.90. The van der Waals surface area contributed by atoms with Gasteiger partial charge in [0.05, 0.1) is 29.9 Å². The van der Waals surface area contributed by atoms with Crippen molar-refractivity contribution in [3.8, 4) is 40.2 Å². The maximum Gasteiger partial charge on any atom is 0.338 e. The van der Waals surface area contributed by atoms with E-state index in [2.05, 4.69) is 0 Å². The summed E-state index contributed by atoms with van der Waals surface area (Å²) in [6, 6.07) is 15.2. The number of carbonyl (C=O) groups excluding carboxylic acids is 3. The summed E-state index contributed by atoms with van der Waals surface area (Å²) in [6.45, 7) is -3.93.